The van der Waals surface area contributed by atoms with E-state index in [1.807, 2.05) is 6.08 Å². The number of nitrogens with one attached hydrogen (secondary N) is 1. The van der Waals surface area contributed by atoms with Crippen LogP contribution in [0.4, 0.5) is 10.8 Å². The summed E-state index contributed by atoms with van der Waals surface area (Å²) in [7, 11) is 0. The maximum atomic E-state index is 5.79. The predicted molar refractivity (Wildman–Crippen MR) is 57.2 cm³/mol. The zero-order valence-electron chi connectivity index (χ0n) is 7.42. The molecule has 2 rings (SSSR count). The molecule has 0 bridgehead atoms. The Bertz CT molecular complexity index is 315. The smallest absolute Gasteiger partial charge is 0.142 e. The van der Waals surface area contributed by atoms with Gasteiger partial charge < -0.3 is 11.1 Å². The van der Waals surface area contributed by atoms with Crippen LogP contribution in [0.1, 0.15) is 24.3 Å². The van der Waals surface area contributed by atoms with Crippen LogP contribution in [-0.2, 0) is 0 Å². The number of hydrogen-bond donors (Lipinski definition) is 2. The zero-order chi connectivity index (χ0) is 9.26. The molecule has 1 aromatic rings. The third-order valence-electron chi connectivity index (χ3n) is 2.15. The summed E-state index contributed by atoms with van der Waals surface area (Å²) in [4.78, 5) is 0. The van der Waals surface area contributed by atoms with Crippen LogP contribution in [0.25, 0.3) is 0 Å². The van der Waals surface area contributed by atoms with Crippen molar-refractivity contribution in [2.45, 2.75) is 18.8 Å². The third kappa shape index (κ3) is 1.67. The lowest BCUT2D eigenvalue weighted by atomic mass is 10.2. The topological polar surface area (TPSA) is 50.9 Å². The van der Waals surface area contributed by atoms with Crippen molar-refractivity contribution < 1.29 is 0 Å². The van der Waals surface area contributed by atoms with Crippen molar-refractivity contribution in [2.75, 3.05) is 17.6 Å². The Labute approximate surface area is 81.8 Å². The molecule has 1 fully saturated rings. The van der Waals surface area contributed by atoms with Crippen LogP contribution in [-0.4, -0.2) is 10.9 Å². The summed E-state index contributed by atoms with van der Waals surface area (Å²) in [5, 5.41) is 4.39. The molecule has 1 aliphatic carbocycles. The van der Waals surface area contributed by atoms with Crippen molar-refractivity contribution in [2.24, 2.45) is 0 Å². The molecule has 4 heteroatoms. The van der Waals surface area contributed by atoms with Crippen LogP contribution in [0.3, 0.4) is 0 Å². The van der Waals surface area contributed by atoms with E-state index in [1.165, 1.54) is 29.9 Å². The molecule has 0 aliphatic heterocycles. The largest absolute Gasteiger partial charge is 0.383 e. The second kappa shape index (κ2) is 3.38. The van der Waals surface area contributed by atoms with E-state index in [0.717, 1.165) is 11.5 Å². The van der Waals surface area contributed by atoms with E-state index in [-0.39, 0.29) is 0 Å². The lowest BCUT2D eigenvalue weighted by Crippen LogP contribution is -1.99. The summed E-state index contributed by atoms with van der Waals surface area (Å²) in [6, 6.07) is 0. The predicted octanol–water partition coefficient (Wildman–Crippen LogP) is 2.20. The highest BCUT2D eigenvalue weighted by molar-refractivity contribution is 7.10. The van der Waals surface area contributed by atoms with Gasteiger partial charge in [-0.25, -0.2) is 0 Å². The molecule has 0 radical (unpaired) electrons. The summed E-state index contributed by atoms with van der Waals surface area (Å²) >= 11 is 1.45. The van der Waals surface area contributed by atoms with Crippen LogP contribution in [0, 0.1) is 0 Å². The Hall–Kier alpha value is -1.03. The average molecular weight is 195 g/mol. The maximum Gasteiger partial charge on any atom is 0.142 e. The number of hydrogen-bond acceptors (Lipinski definition) is 4. The molecule has 1 heterocycles. The summed E-state index contributed by atoms with van der Waals surface area (Å²) < 4.78 is 4.15. The Morgan fingerprint density at radius 1 is 1.69 bits per heavy atom. The second-order valence-corrected chi connectivity index (χ2v) is 4.03. The highest BCUT2D eigenvalue weighted by Crippen LogP contribution is 2.47. The minimum absolute atomic E-state index is 0.658. The minimum Gasteiger partial charge on any atom is -0.383 e. The third-order valence-corrected chi connectivity index (χ3v) is 2.98. The zero-order valence-corrected chi connectivity index (χ0v) is 8.23. The first-order valence-corrected chi connectivity index (χ1v) is 5.20. The Morgan fingerprint density at radius 2 is 2.46 bits per heavy atom. The molecular formula is C9H13N3S. The van der Waals surface area contributed by atoms with Gasteiger partial charge in [-0.1, -0.05) is 6.08 Å². The average Bonchev–Trinajstić information content (AvgIpc) is 2.88. The molecule has 0 amide bonds. The molecule has 0 unspecified atom stereocenters. The van der Waals surface area contributed by atoms with Crippen molar-refractivity contribution in [3.63, 3.8) is 0 Å². The summed E-state index contributed by atoms with van der Waals surface area (Å²) in [6.45, 7) is 4.44. The lowest BCUT2D eigenvalue weighted by molar-refractivity contribution is 1.13. The summed E-state index contributed by atoms with van der Waals surface area (Å²) in [6.07, 6.45) is 4.35. The first kappa shape index (κ1) is 8.56. The molecule has 70 valence electrons. The first-order valence-electron chi connectivity index (χ1n) is 4.42. The van der Waals surface area contributed by atoms with E-state index < -0.39 is 0 Å². The van der Waals surface area contributed by atoms with Gasteiger partial charge in [0.15, 0.2) is 0 Å². The van der Waals surface area contributed by atoms with Gasteiger partial charge >= 0.3 is 0 Å². The van der Waals surface area contributed by atoms with Gasteiger partial charge in [-0.05, 0) is 30.3 Å². The molecule has 3 nitrogen and oxygen atoms in total. The molecule has 0 aromatic carbocycles. The van der Waals surface area contributed by atoms with Crippen LogP contribution in [0.5, 0.6) is 0 Å². The second-order valence-electron chi connectivity index (χ2n) is 3.25. The number of anilines is 2. The molecule has 0 spiro atoms. The number of nitrogen functional groups attached to an aromatic ring is 1. The molecule has 13 heavy (non-hydrogen) atoms. The highest BCUT2D eigenvalue weighted by Gasteiger charge is 2.30. The van der Waals surface area contributed by atoms with Crippen LogP contribution >= 0.6 is 11.5 Å². The van der Waals surface area contributed by atoms with Gasteiger partial charge in [0.25, 0.3) is 0 Å². The highest BCUT2D eigenvalue weighted by atomic mass is 32.1. The molecular weight excluding hydrogens is 182 g/mol. The molecule has 1 saturated carbocycles. The Balaban J connectivity index is 2.18. The van der Waals surface area contributed by atoms with E-state index in [0.29, 0.717) is 11.7 Å². The molecule has 1 aliphatic rings. The van der Waals surface area contributed by atoms with Gasteiger partial charge in [-0.15, -0.1) is 6.58 Å². The Kier molecular flexibility index (Phi) is 2.22. The van der Waals surface area contributed by atoms with Gasteiger partial charge in [-0.2, -0.15) is 4.37 Å². The van der Waals surface area contributed by atoms with E-state index in [9.17, 15) is 0 Å². The van der Waals surface area contributed by atoms with Crippen LogP contribution in [0.2, 0.25) is 0 Å². The fourth-order valence-corrected chi connectivity index (χ4v) is 2.17. The summed E-state index contributed by atoms with van der Waals surface area (Å²) in [5.41, 5.74) is 7.02. The monoisotopic (exact) mass is 195 g/mol. The van der Waals surface area contributed by atoms with Gasteiger partial charge in [0, 0.05) is 12.1 Å². The van der Waals surface area contributed by atoms with Crippen molar-refractivity contribution in [3.8, 4) is 0 Å². The van der Waals surface area contributed by atoms with Crippen LogP contribution in [0.15, 0.2) is 12.7 Å². The van der Waals surface area contributed by atoms with E-state index in [1.54, 1.807) is 0 Å². The molecule has 0 saturated heterocycles. The molecule has 0 atom stereocenters. The minimum atomic E-state index is 0.658. The van der Waals surface area contributed by atoms with E-state index >= 15 is 0 Å². The van der Waals surface area contributed by atoms with Gasteiger partial charge in [-0.3, -0.25) is 0 Å². The fraction of sp³-hybridized carbons (Fsp3) is 0.444. The van der Waals surface area contributed by atoms with Crippen molar-refractivity contribution in [1.82, 2.24) is 4.37 Å². The fourth-order valence-electron chi connectivity index (χ4n) is 1.37. The number of nitrogens with two attached hydrogens (primary N) is 1. The SMILES string of the molecule is C=CCNc1snc(N)c1C1CC1. The van der Waals surface area contributed by atoms with Gasteiger partial charge in [0.05, 0.1) is 0 Å². The van der Waals surface area contributed by atoms with Crippen molar-refractivity contribution in [1.29, 1.82) is 0 Å². The maximum absolute atomic E-state index is 5.79. The van der Waals surface area contributed by atoms with Crippen molar-refractivity contribution >= 4 is 22.4 Å². The number of aromatic nitrogens is 1. The quantitative estimate of drug-likeness (QED) is 0.724. The van der Waals surface area contributed by atoms with Crippen molar-refractivity contribution in [3.05, 3.63) is 18.2 Å². The first-order chi connectivity index (χ1) is 6.33. The Morgan fingerprint density at radius 3 is 3.08 bits per heavy atom. The van der Waals surface area contributed by atoms with E-state index in [4.69, 9.17) is 5.73 Å². The number of rotatable bonds is 4. The van der Waals surface area contributed by atoms with Gasteiger partial charge in [0.1, 0.15) is 10.8 Å². The molecule has 1 aromatic heterocycles. The molecule has 3 N–H and O–H groups in total. The standard InChI is InChI=1S/C9H13N3S/c1-2-5-11-9-7(6-3-4-6)8(10)12-13-9/h2,6,11H,1,3-5H2,(H2,10,12). The summed E-state index contributed by atoms with van der Waals surface area (Å²) in [5.74, 6) is 1.37. The van der Waals surface area contributed by atoms with Crippen LogP contribution < -0.4 is 11.1 Å². The van der Waals surface area contributed by atoms with Gasteiger partial charge in [0.2, 0.25) is 0 Å². The van der Waals surface area contributed by atoms with E-state index in [2.05, 4.69) is 16.3 Å². The lowest BCUT2D eigenvalue weighted by Gasteiger charge is -2.02. The normalized spacial score (nSPS) is 15.7. The number of nitrogens with zero attached hydrogens (tertiary/aromatic N) is 1.